The van der Waals surface area contributed by atoms with Crippen LogP contribution >= 0.6 is 0 Å². The van der Waals surface area contributed by atoms with Crippen molar-refractivity contribution in [1.29, 1.82) is 0 Å². The quantitative estimate of drug-likeness (QED) is 0.650. The van der Waals surface area contributed by atoms with Crippen molar-refractivity contribution in [3.05, 3.63) is 31.5 Å². The van der Waals surface area contributed by atoms with E-state index in [1.54, 1.807) is 12.4 Å². The molecular formula is C9H13N2. The van der Waals surface area contributed by atoms with Gasteiger partial charge >= 0.3 is 0 Å². The normalized spacial score (nSPS) is 9.64. The molecule has 0 fully saturated rings. The summed E-state index contributed by atoms with van der Waals surface area (Å²) in [5, 5.41) is 0. The van der Waals surface area contributed by atoms with Crippen LogP contribution in [0.2, 0.25) is 0 Å². The van der Waals surface area contributed by atoms with E-state index in [4.69, 9.17) is 0 Å². The Kier molecular flexibility index (Phi) is 2.90. The zero-order chi connectivity index (χ0) is 8.10. The molecule has 0 bridgehead atoms. The number of hydrogen-bond acceptors (Lipinski definition) is 2. The fourth-order valence-corrected chi connectivity index (χ4v) is 1.02. The fraction of sp³-hybridized carbons (Fsp3) is 0.333. The molecule has 0 atom stereocenters. The van der Waals surface area contributed by atoms with Gasteiger partial charge in [-0.3, -0.25) is 4.98 Å². The first-order valence-electron chi connectivity index (χ1n) is 3.82. The molecular weight excluding hydrogens is 136 g/mol. The lowest BCUT2D eigenvalue weighted by Crippen LogP contribution is -2.21. The Morgan fingerprint density at radius 1 is 1.45 bits per heavy atom. The van der Waals surface area contributed by atoms with Gasteiger partial charge in [-0.05, 0) is 26.0 Å². The topological polar surface area (TPSA) is 16.1 Å². The molecule has 0 aromatic carbocycles. The highest BCUT2D eigenvalue weighted by Gasteiger charge is 1.97. The van der Waals surface area contributed by atoms with Gasteiger partial charge in [-0.1, -0.05) is 0 Å². The van der Waals surface area contributed by atoms with Crippen molar-refractivity contribution in [2.45, 2.75) is 6.92 Å². The van der Waals surface area contributed by atoms with Crippen LogP contribution in [0.15, 0.2) is 24.5 Å². The Morgan fingerprint density at radius 2 is 2.09 bits per heavy atom. The first-order valence-corrected chi connectivity index (χ1v) is 3.82. The van der Waals surface area contributed by atoms with Gasteiger partial charge in [0.2, 0.25) is 0 Å². The van der Waals surface area contributed by atoms with Crippen molar-refractivity contribution in [2.24, 2.45) is 0 Å². The number of pyridine rings is 1. The lowest BCUT2D eigenvalue weighted by Gasteiger charge is -2.19. The zero-order valence-electron chi connectivity index (χ0n) is 6.83. The highest BCUT2D eigenvalue weighted by atomic mass is 15.1. The maximum absolute atomic E-state index is 3.95. The van der Waals surface area contributed by atoms with Gasteiger partial charge in [0.15, 0.2) is 0 Å². The Morgan fingerprint density at radius 3 is 2.55 bits per heavy atom. The Bertz CT molecular complexity index is 192. The Hall–Kier alpha value is -1.05. The van der Waals surface area contributed by atoms with Crippen molar-refractivity contribution >= 4 is 5.69 Å². The number of rotatable bonds is 3. The molecule has 0 saturated carbocycles. The number of hydrogen-bond donors (Lipinski definition) is 0. The molecule has 1 aromatic heterocycles. The second-order valence-electron chi connectivity index (χ2n) is 2.29. The molecule has 0 saturated heterocycles. The zero-order valence-corrected chi connectivity index (χ0v) is 6.83. The van der Waals surface area contributed by atoms with Crippen molar-refractivity contribution in [3.63, 3.8) is 0 Å². The van der Waals surface area contributed by atoms with Crippen molar-refractivity contribution in [1.82, 2.24) is 4.98 Å². The summed E-state index contributed by atoms with van der Waals surface area (Å²) >= 11 is 0. The Balaban J connectivity index is 2.74. The average molecular weight is 149 g/mol. The summed E-state index contributed by atoms with van der Waals surface area (Å²) in [4.78, 5) is 6.13. The van der Waals surface area contributed by atoms with Crippen LogP contribution in [0.5, 0.6) is 0 Å². The molecule has 1 heterocycles. The molecule has 11 heavy (non-hydrogen) atoms. The summed E-state index contributed by atoms with van der Waals surface area (Å²) in [5.41, 5.74) is 1.19. The molecule has 0 N–H and O–H groups in total. The highest BCUT2D eigenvalue weighted by molar-refractivity contribution is 5.44. The third-order valence-corrected chi connectivity index (χ3v) is 1.68. The van der Waals surface area contributed by atoms with Crippen LogP contribution < -0.4 is 4.90 Å². The highest BCUT2D eigenvalue weighted by Crippen LogP contribution is 2.09. The first-order chi connectivity index (χ1) is 5.38. The summed E-state index contributed by atoms with van der Waals surface area (Å²) in [5.74, 6) is 0. The second-order valence-corrected chi connectivity index (χ2v) is 2.29. The summed E-state index contributed by atoms with van der Waals surface area (Å²) < 4.78 is 0. The standard InChI is InChI=1S/C9H13N2/c1-3-11(4-2)9-5-7-10-8-6-9/h5-8H,1,3-4H2,2H3. The van der Waals surface area contributed by atoms with Crippen LogP contribution in [0.4, 0.5) is 5.69 Å². The predicted octanol–water partition coefficient (Wildman–Crippen LogP) is 1.74. The molecule has 0 amide bonds. The lowest BCUT2D eigenvalue weighted by molar-refractivity contribution is 0.902. The number of anilines is 1. The average Bonchev–Trinajstić information content (AvgIpc) is 2.09. The van der Waals surface area contributed by atoms with E-state index < -0.39 is 0 Å². The molecule has 0 unspecified atom stereocenters. The third kappa shape index (κ3) is 1.93. The SMILES string of the molecule is [CH2]CN(CC)c1ccncc1. The van der Waals surface area contributed by atoms with Crippen molar-refractivity contribution < 1.29 is 0 Å². The largest absolute Gasteiger partial charge is 0.372 e. The predicted molar refractivity (Wildman–Crippen MR) is 47.5 cm³/mol. The minimum Gasteiger partial charge on any atom is -0.372 e. The molecule has 1 aromatic rings. The number of nitrogens with zero attached hydrogens (tertiary/aromatic N) is 2. The van der Waals surface area contributed by atoms with Gasteiger partial charge in [0.1, 0.15) is 0 Å². The molecule has 2 nitrogen and oxygen atoms in total. The van der Waals surface area contributed by atoms with Gasteiger partial charge in [0.05, 0.1) is 0 Å². The van der Waals surface area contributed by atoms with Crippen LogP contribution in [0.3, 0.4) is 0 Å². The summed E-state index contributed by atoms with van der Waals surface area (Å²) in [6.45, 7) is 7.76. The molecule has 1 rings (SSSR count). The van der Waals surface area contributed by atoms with E-state index in [1.165, 1.54) is 5.69 Å². The van der Waals surface area contributed by atoms with Crippen LogP contribution in [0, 0.1) is 6.92 Å². The number of aromatic nitrogens is 1. The lowest BCUT2D eigenvalue weighted by atomic mass is 10.3. The van der Waals surface area contributed by atoms with Gasteiger partial charge in [-0.15, -0.1) is 0 Å². The summed E-state index contributed by atoms with van der Waals surface area (Å²) in [7, 11) is 0. The molecule has 0 aliphatic carbocycles. The maximum atomic E-state index is 3.95. The minimum absolute atomic E-state index is 0.806. The van der Waals surface area contributed by atoms with Crippen LogP contribution in [-0.2, 0) is 0 Å². The van der Waals surface area contributed by atoms with Crippen LogP contribution in [0.1, 0.15) is 6.92 Å². The second kappa shape index (κ2) is 3.96. The van der Waals surface area contributed by atoms with Gasteiger partial charge in [0, 0.05) is 31.2 Å². The van der Waals surface area contributed by atoms with Gasteiger partial charge < -0.3 is 4.90 Å². The first kappa shape index (κ1) is 8.05. The smallest absolute Gasteiger partial charge is 0.0396 e. The minimum atomic E-state index is 0.806. The van der Waals surface area contributed by atoms with Gasteiger partial charge in [-0.25, -0.2) is 0 Å². The van der Waals surface area contributed by atoms with E-state index in [9.17, 15) is 0 Å². The van der Waals surface area contributed by atoms with Crippen LogP contribution in [-0.4, -0.2) is 18.1 Å². The van der Waals surface area contributed by atoms with Gasteiger partial charge in [-0.2, -0.15) is 0 Å². The molecule has 1 radical (unpaired) electrons. The maximum Gasteiger partial charge on any atom is 0.0396 e. The monoisotopic (exact) mass is 149 g/mol. The summed E-state index contributed by atoms with van der Waals surface area (Å²) in [6, 6.07) is 3.99. The van der Waals surface area contributed by atoms with Crippen LogP contribution in [0.25, 0.3) is 0 Å². The van der Waals surface area contributed by atoms with E-state index in [1.807, 2.05) is 12.1 Å². The van der Waals surface area contributed by atoms with E-state index in [0.717, 1.165) is 13.1 Å². The molecule has 59 valence electrons. The Labute approximate surface area is 67.9 Å². The van der Waals surface area contributed by atoms with E-state index in [0.29, 0.717) is 0 Å². The summed E-state index contributed by atoms with van der Waals surface area (Å²) in [6.07, 6.45) is 3.60. The fourth-order valence-electron chi connectivity index (χ4n) is 1.02. The van der Waals surface area contributed by atoms with E-state index in [2.05, 4.69) is 23.7 Å². The third-order valence-electron chi connectivity index (χ3n) is 1.68. The van der Waals surface area contributed by atoms with E-state index in [-0.39, 0.29) is 0 Å². The molecule has 0 aliphatic rings. The molecule has 0 aliphatic heterocycles. The molecule has 2 heteroatoms. The van der Waals surface area contributed by atoms with Gasteiger partial charge in [0.25, 0.3) is 0 Å². The van der Waals surface area contributed by atoms with E-state index >= 15 is 0 Å². The van der Waals surface area contributed by atoms with Crippen molar-refractivity contribution in [3.8, 4) is 0 Å². The van der Waals surface area contributed by atoms with Crippen molar-refractivity contribution in [2.75, 3.05) is 18.0 Å². The molecule has 0 spiro atoms.